The molecule has 0 spiro atoms. The normalized spacial score (nSPS) is 42.7. The van der Waals surface area contributed by atoms with Crippen molar-refractivity contribution in [3.05, 3.63) is 0 Å². The van der Waals surface area contributed by atoms with E-state index in [1.165, 1.54) is 6.42 Å². The molecule has 2 rings (SSSR count). The number of hydrogen-bond acceptors (Lipinski definition) is 3. The highest BCUT2D eigenvalue weighted by Gasteiger charge is 2.56. The second-order valence-corrected chi connectivity index (χ2v) is 7.19. The number of nitrogens with one attached hydrogen (secondary N) is 1. The van der Waals surface area contributed by atoms with Crippen LogP contribution in [0.25, 0.3) is 0 Å². The lowest BCUT2D eigenvalue weighted by molar-refractivity contribution is -0.0821. The Hall–Kier alpha value is -0.120. The van der Waals surface area contributed by atoms with Crippen LogP contribution in [0.2, 0.25) is 0 Å². The maximum atomic E-state index is 6.18. The van der Waals surface area contributed by atoms with Crippen molar-refractivity contribution >= 4 is 0 Å². The minimum Gasteiger partial charge on any atom is -0.368 e. The number of nitrogens with two attached hydrogens (primary N) is 1. The van der Waals surface area contributed by atoms with Gasteiger partial charge in [0.05, 0.1) is 16.7 Å². The summed E-state index contributed by atoms with van der Waals surface area (Å²) in [5.74, 6) is 1.73. The summed E-state index contributed by atoms with van der Waals surface area (Å²) in [4.78, 5) is 0. The van der Waals surface area contributed by atoms with Gasteiger partial charge in [0.2, 0.25) is 0 Å². The number of hydrogen-bond donors (Lipinski definition) is 2. The fraction of sp³-hybridized carbons (Fsp3) is 1.00. The van der Waals surface area contributed by atoms with Gasteiger partial charge in [0, 0.05) is 6.54 Å². The maximum absolute atomic E-state index is 6.18. The predicted octanol–water partition coefficient (Wildman–Crippen LogP) is 1.91. The third kappa shape index (κ3) is 2.38. The lowest BCUT2D eigenvalue weighted by Gasteiger charge is -2.40. The van der Waals surface area contributed by atoms with Crippen LogP contribution in [0.3, 0.4) is 0 Å². The largest absolute Gasteiger partial charge is 0.368 e. The molecule has 2 aliphatic rings. The van der Waals surface area contributed by atoms with E-state index in [9.17, 15) is 0 Å². The van der Waals surface area contributed by atoms with Gasteiger partial charge in [-0.25, -0.2) is 0 Å². The lowest BCUT2D eigenvalue weighted by Crippen LogP contribution is -2.62. The van der Waals surface area contributed by atoms with Crippen LogP contribution < -0.4 is 11.1 Å². The highest BCUT2D eigenvalue weighted by molar-refractivity contribution is 5.12. The standard InChI is InChI=1S/C14H28N2O/c1-10-6-11(10)7-16-14(9-15)8-12(2,3)17-13(14,4)5/h10-11,16H,6-9,15H2,1-5H3. The summed E-state index contributed by atoms with van der Waals surface area (Å²) >= 11 is 0. The maximum Gasteiger partial charge on any atom is 0.0827 e. The van der Waals surface area contributed by atoms with Crippen LogP contribution in [0.15, 0.2) is 0 Å². The van der Waals surface area contributed by atoms with Crippen molar-refractivity contribution in [2.24, 2.45) is 17.6 Å². The van der Waals surface area contributed by atoms with E-state index in [0.717, 1.165) is 24.8 Å². The fourth-order valence-electron chi connectivity index (χ4n) is 3.44. The zero-order valence-corrected chi connectivity index (χ0v) is 12.0. The summed E-state index contributed by atoms with van der Waals surface area (Å²) in [6.07, 6.45) is 2.35. The molecular weight excluding hydrogens is 212 g/mol. The summed E-state index contributed by atoms with van der Waals surface area (Å²) in [6, 6.07) is 0. The number of ether oxygens (including phenoxy) is 1. The first-order chi connectivity index (χ1) is 7.71. The molecule has 2 fully saturated rings. The van der Waals surface area contributed by atoms with Crippen LogP contribution in [-0.4, -0.2) is 29.8 Å². The highest BCUT2D eigenvalue weighted by atomic mass is 16.5. The first-order valence-electron chi connectivity index (χ1n) is 6.87. The molecular formula is C14H28N2O. The van der Waals surface area contributed by atoms with E-state index in [4.69, 9.17) is 10.5 Å². The van der Waals surface area contributed by atoms with Crippen molar-refractivity contribution < 1.29 is 4.74 Å². The average molecular weight is 240 g/mol. The molecule has 1 heterocycles. The Morgan fingerprint density at radius 1 is 1.29 bits per heavy atom. The van der Waals surface area contributed by atoms with Crippen LogP contribution >= 0.6 is 0 Å². The minimum absolute atomic E-state index is 0.0706. The van der Waals surface area contributed by atoms with Crippen molar-refractivity contribution in [3.63, 3.8) is 0 Å². The zero-order valence-electron chi connectivity index (χ0n) is 12.0. The smallest absolute Gasteiger partial charge is 0.0827 e. The summed E-state index contributed by atoms with van der Waals surface area (Å²) in [5, 5.41) is 3.73. The Morgan fingerprint density at radius 3 is 2.24 bits per heavy atom. The third-order valence-corrected chi connectivity index (χ3v) is 4.74. The molecule has 0 aromatic carbocycles. The van der Waals surface area contributed by atoms with Crippen molar-refractivity contribution in [1.82, 2.24) is 5.32 Å². The van der Waals surface area contributed by atoms with Crippen molar-refractivity contribution in [2.45, 2.75) is 64.2 Å². The summed E-state index contributed by atoms with van der Waals surface area (Å²) < 4.78 is 6.18. The van der Waals surface area contributed by atoms with E-state index in [0.29, 0.717) is 6.54 Å². The van der Waals surface area contributed by atoms with Gasteiger partial charge in [-0.2, -0.15) is 0 Å². The molecule has 3 heteroatoms. The van der Waals surface area contributed by atoms with Crippen LogP contribution in [-0.2, 0) is 4.74 Å². The molecule has 3 N–H and O–H groups in total. The van der Waals surface area contributed by atoms with Gasteiger partial charge >= 0.3 is 0 Å². The third-order valence-electron chi connectivity index (χ3n) is 4.74. The van der Waals surface area contributed by atoms with Gasteiger partial charge in [-0.05, 0) is 58.9 Å². The van der Waals surface area contributed by atoms with Crippen LogP contribution in [0, 0.1) is 11.8 Å². The van der Waals surface area contributed by atoms with E-state index >= 15 is 0 Å². The predicted molar refractivity (Wildman–Crippen MR) is 70.9 cm³/mol. The fourth-order valence-corrected chi connectivity index (χ4v) is 3.44. The van der Waals surface area contributed by atoms with Gasteiger partial charge < -0.3 is 15.8 Å². The molecule has 3 atom stereocenters. The van der Waals surface area contributed by atoms with Crippen molar-refractivity contribution in [2.75, 3.05) is 13.1 Å². The quantitative estimate of drug-likeness (QED) is 0.789. The molecule has 17 heavy (non-hydrogen) atoms. The SMILES string of the molecule is CC1CC1CNC1(CN)CC(C)(C)OC1(C)C. The van der Waals surface area contributed by atoms with E-state index in [1.807, 2.05) is 0 Å². The second kappa shape index (κ2) is 3.94. The van der Waals surface area contributed by atoms with Gasteiger partial charge in [0.15, 0.2) is 0 Å². The first-order valence-corrected chi connectivity index (χ1v) is 6.87. The molecule has 1 aliphatic heterocycles. The molecule has 100 valence electrons. The molecule has 0 radical (unpaired) electrons. The van der Waals surface area contributed by atoms with Gasteiger partial charge in [-0.3, -0.25) is 0 Å². The Morgan fingerprint density at radius 2 is 1.88 bits per heavy atom. The van der Waals surface area contributed by atoms with E-state index in [1.54, 1.807) is 0 Å². The first kappa shape index (κ1) is 13.3. The topological polar surface area (TPSA) is 47.3 Å². The molecule has 1 saturated heterocycles. The Labute approximate surface area is 105 Å². The lowest BCUT2D eigenvalue weighted by atomic mass is 9.79. The molecule has 0 aromatic rings. The Bertz CT molecular complexity index is 301. The van der Waals surface area contributed by atoms with Crippen molar-refractivity contribution in [1.29, 1.82) is 0 Å². The van der Waals surface area contributed by atoms with Gasteiger partial charge in [-0.1, -0.05) is 6.92 Å². The van der Waals surface area contributed by atoms with Crippen LogP contribution in [0.4, 0.5) is 0 Å². The summed E-state index contributed by atoms with van der Waals surface area (Å²) in [5.41, 5.74) is 5.72. The Kier molecular flexibility index (Phi) is 3.08. The molecule has 3 unspecified atom stereocenters. The minimum atomic E-state index is -0.191. The van der Waals surface area contributed by atoms with Crippen LogP contribution in [0.1, 0.15) is 47.5 Å². The average Bonchev–Trinajstić information content (AvgIpc) is 2.82. The molecule has 0 bridgehead atoms. The second-order valence-electron chi connectivity index (χ2n) is 7.19. The van der Waals surface area contributed by atoms with Gasteiger partial charge in [-0.15, -0.1) is 0 Å². The monoisotopic (exact) mass is 240 g/mol. The summed E-state index contributed by atoms with van der Waals surface area (Å²) in [6.45, 7) is 12.7. The Balaban J connectivity index is 2.07. The van der Waals surface area contributed by atoms with Crippen molar-refractivity contribution in [3.8, 4) is 0 Å². The summed E-state index contributed by atoms with van der Waals surface area (Å²) in [7, 11) is 0. The van der Waals surface area contributed by atoms with Gasteiger partial charge in [0.25, 0.3) is 0 Å². The highest BCUT2D eigenvalue weighted by Crippen LogP contribution is 2.45. The molecule has 0 amide bonds. The molecule has 0 aromatic heterocycles. The molecule has 1 aliphatic carbocycles. The van der Waals surface area contributed by atoms with E-state index < -0.39 is 0 Å². The van der Waals surface area contributed by atoms with Gasteiger partial charge in [0.1, 0.15) is 0 Å². The van der Waals surface area contributed by atoms with E-state index in [-0.39, 0.29) is 16.7 Å². The number of rotatable bonds is 4. The molecule has 3 nitrogen and oxygen atoms in total. The van der Waals surface area contributed by atoms with E-state index in [2.05, 4.69) is 39.9 Å². The zero-order chi connectivity index (χ0) is 12.9. The van der Waals surface area contributed by atoms with Crippen LogP contribution in [0.5, 0.6) is 0 Å². The molecule has 1 saturated carbocycles.